The number of carbonyl (C=O) groups excluding carboxylic acids is 2. The molecule has 1 heterocycles. The molecule has 0 saturated carbocycles. The lowest BCUT2D eigenvalue weighted by molar-refractivity contribution is -0.115. The van der Waals surface area contributed by atoms with Crippen LogP contribution in [0.2, 0.25) is 5.02 Å². The second-order valence-corrected chi connectivity index (χ2v) is 9.57. The number of rotatable bonds is 7. The van der Waals surface area contributed by atoms with Crippen molar-refractivity contribution in [2.45, 2.75) is 10.1 Å². The summed E-state index contributed by atoms with van der Waals surface area (Å²) < 4.78 is 10.8. The van der Waals surface area contributed by atoms with Crippen molar-refractivity contribution in [3.63, 3.8) is 0 Å². The summed E-state index contributed by atoms with van der Waals surface area (Å²) in [5.41, 5.74) is 2.62. The van der Waals surface area contributed by atoms with Crippen LogP contribution in [0.4, 0.5) is 11.4 Å². The monoisotopic (exact) mass is 516 g/mol. The Labute approximate surface area is 217 Å². The van der Waals surface area contributed by atoms with Crippen LogP contribution in [0.25, 0.3) is 0 Å². The van der Waals surface area contributed by atoms with Crippen LogP contribution in [0.1, 0.15) is 21.2 Å². The highest BCUT2D eigenvalue weighted by Gasteiger charge is 2.23. The van der Waals surface area contributed by atoms with Crippen molar-refractivity contribution in [3.05, 3.63) is 113 Å². The quantitative estimate of drug-likeness (QED) is 0.264. The van der Waals surface area contributed by atoms with Crippen molar-refractivity contribution >= 4 is 46.6 Å². The van der Waals surface area contributed by atoms with Gasteiger partial charge < -0.3 is 20.1 Å². The molecular weight excluding hydrogens is 496 g/mol. The molecule has 2 amide bonds. The molecule has 0 fully saturated rings. The van der Waals surface area contributed by atoms with Gasteiger partial charge in [0, 0.05) is 32.9 Å². The number of halogens is 1. The van der Waals surface area contributed by atoms with Gasteiger partial charge in [-0.1, -0.05) is 48.0 Å². The number of ether oxygens (including phenoxy) is 2. The molecule has 5 rings (SSSR count). The number of benzene rings is 4. The molecule has 0 aromatic heterocycles. The molecule has 36 heavy (non-hydrogen) atoms. The van der Waals surface area contributed by atoms with Crippen LogP contribution in [0.15, 0.2) is 102 Å². The fourth-order valence-electron chi connectivity index (χ4n) is 3.67. The first-order valence-electron chi connectivity index (χ1n) is 11.1. The smallest absolute Gasteiger partial charge is 0.255 e. The van der Waals surface area contributed by atoms with E-state index in [-0.39, 0.29) is 18.6 Å². The molecule has 4 aromatic carbocycles. The van der Waals surface area contributed by atoms with Crippen LogP contribution < -0.4 is 20.1 Å². The van der Waals surface area contributed by atoms with E-state index in [0.29, 0.717) is 33.5 Å². The van der Waals surface area contributed by atoms with E-state index in [9.17, 15) is 9.59 Å². The standard InChI is InChI=1S/C28H21ClN2O4S/c29-20-8-4-7-19(15-20)27(32)30-21-9-12-23(13-10-21)36-26(18-5-2-1-3-6-18)28(33)31-22-11-14-24-25(16-22)35-17-34-24/h1-16,26H,17H2,(H,30,32)(H,31,33). The van der Waals surface area contributed by atoms with Gasteiger partial charge in [0.15, 0.2) is 11.5 Å². The Bertz CT molecular complexity index is 1400. The van der Waals surface area contributed by atoms with E-state index in [1.807, 2.05) is 54.6 Å². The van der Waals surface area contributed by atoms with Gasteiger partial charge in [0.05, 0.1) is 0 Å². The Morgan fingerprint density at radius 2 is 1.53 bits per heavy atom. The molecule has 0 aliphatic carbocycles. The van der Waals surface area contributed by atoms with Crippen molar-refractivity contribution in [1.82, 2.24) is 0 Å². The molecule has 0 radical (unpaired) electrons. The second-order valence-electron chi connectivity index (χ2n) is 7.95. The van der Waals surface area contributed by atoms with Crippen LogP contribution in [-0.4, -0.2) is 18.6 Å². The fourth-order valence-corrected chi connectivity index (χ4v) is 4.88. The lowest BCUT2D eigenvalue weighted by Gasteiger charge is -2.17. The maximum Gasteiger partial charge on any atom is 0.255 e. The molecule has 0 saturated heterocycles. The highest BCUT2D eigenvalue weighted by atomic mass is 35.5. The summed E-state index contributed by atoms with van der Waals surface area (Å²) >= 11 is 7.41. The summed E-state index contributed by atoms with van der Waals surface area (Å²) in [6.45, 7) is 0.171. The van der Waals surface area contributed by atoms with Crippen LogP contribution in [0, 0.1) is 0 Å². The molecule has 2 N–H and O–H groups in total. The van der Waals surface area contributed by atoms with E-state index in [4.69, 9.17) is 21.1 Å². The Morgan fingerprint density at radius 1 is 0.778 bits per heavy atom. The summed E-state index contributed by atoms with van der Waals surface area (Å²) in [6, 6.07) is 29.0. The van der Waals surface area contributed by atoms with Crippen LogP contribution in [0.3, 0.4) is 0 Å². The van der Waals surface area contributed by atoms with E-state index in [0.717, 1.165) is 10.5 Å². The summed E-state index contributed by atoms with van der Waals surface area (Å²) in [6.07, 6.45) is 0. The summed E-state index contributed by atoms with van der Waals surface area (Å²) in [5.74, 6) is 0.850. The molecule has 6 nitrogen and oxygen atoms in total. The number of anilines is 2. The zero-order valence-electron chi connectivity index (χ0n) is 18.9. The lowest BCUT2D eigenvalue weighted by atomic mass is 10.1. The van der Waals surface area contributed by atoms with Gasteiger partial charge in [-0.25, -0.2) is 0 Å². The zero-order chi connectivity index (χ0) is 24.9. The minimum atomic E-state index is -0.497. The van der Waals surface area contributed by atoms with Crippen molar-refractivity contribution in [2.75, 3.05) is 17.4 Å². The largest absolute Gasteiger partial charge is 0.454 e. The Hall–Kier alpha value is -3.94. The molecule has 8 heteroatoms. The zero-order valence-corrected chi connectivity index (χ0v) is 20.5. The van der Waals surface area contributed by atoms with Crippen LogP contribution >= 0.6 is 23.4 Å². The molecule has 1 aliphatic rings. The number of carbonyl (C=O) groups is 2. The van der Waals surface area contributed by atoms with Gasteiger partial charge in [-0.05, 0) is 60.2 Å². The van der Waals surface area contributed by atoms with Crippen LogP contribution in [-0.2, 0) is 4.79 Å². The number of thioether (sulfide) groups is 1. The highest BCUT2D eigenvalue weighted by Crippen LogP contribution is 2.38. The van der Waals surface area contributed by atoms with Gasteiger partial charge in [0.1, 0.15) is 5.25 Å². The van der Waals surface area contributed by atoms with E-state index in [1.165, 1.54) is 11.8 Å². The Balaban J connectivity index is 1.30. The van der Waals surface area contributed by atoms with E-state index in [1.54, 1.807) is 42.5 Å². The average molecular weight is 517 g/mol. The van der Waals surface area contributed by atoms with Gasteiger partial charge in [0.2, 0.25) is 12.7 Å². The number of amides is 2. The Morgan fingerprint density at radius 3 is 2.31 bits per heavy atom. The van der Waals surface area contributed by atoms with Gasteiger partial charge in [-0.2, -0.15) is 0 Å². The Kier molecular flexibility index (Phi) is 7.11. The SMILES string of the molecule is O=C(Nc1ccc(SC(C(=O)Nc2ccc3c(c2)OCO3)c2ccccc2)cc1)c1cccc(Cl)c1. The average Bonchev–Trinajstić information content (AvgIpc) is 3.36. The third-order valence-corrected chi connectivity index (χ3v) is 6.93. The van der Waals surface area contributed by atoms with Gasteiger partial charge in [-0.15, -0.1) is 11.8 Å². The van der Waals surface area contributed by atoms with Crippen LogP contribution in [0.5, 0.6) is 11.5 Å². The highest BCUT2D eigenvalue weighted by molar-refractivity contribution is 8.00. The second kappa shape index (κ2) is 10.8. The minimum absolute atomic E-state index is 0.164. The first-order chi connectivity index (χ1) is 17.5. The molecule has 1 aliphatic heterocycles. The number of fused-ring (bicyclic) bond motifs is 1. The number of hydrogen-bond acceptors (Lipinski definition) is 5. The van der Waals surface area contributed by atoms with Crippen molar-refractivity contribution in [3.8, 4) is 11.5 Å². The number of nitrogens with one attached hydrogen (secondary N) is 2. The first-order valence-corrected chi connectivity index (χ1v) is 12.4. The minimum Gasteiger partial charge on any atom is -0.454 e. The molecule has 0 bridgehead atoms. The summed E-state index contributed by atoms with van der Waals surface area (Å²) in [4.78, 5) is 26.7. The molecule has 1 unspecified atom stereocenters. The van der Waals surface area contributed by atoms with Crippen molar-refractivity contribution in [2.24, 2.45) is 0 Å². The van der Waals surface area contributed by atoms with E-state index in [2.05, 4.69) is 10.6 Å². The summed E-state index contributed by atoms with van der Waals surface area (Å²) in [7, 11) is 0. The lowest BCUT2D eigenvalue weighted by Crippen LogP contribution is -2.19. The molecule has 4 aromatic rings. The first kappa shape index (κ1) is 23.8. The maximum absolute atomic E-state index is 13.3. The van der Waals surface area contributed by atoms with Gasteiger partial charge >= 0.3 is 0 Å². The third-order valence-electron chi connectivity index (χ3n) is 5.43. The topological polar surface area (TPSA) is 76.7 Å². The predicted molar refractivity (Wildman–Crippen MR) is 142 cm³/mol. The van der Waals surface area contributed by atoms with Crippen molar-refractivity contribution < 1.29 is 19.1 Å². The fraction of sp³-hybridized carbons (Fsp3) is 0.0714. The van der Waals surface area contributed by atoms with E-state index >= 15 is 0 Å². The maximum atomic E-state index is 13.3. The predicted octanol–water partition coefficient (Wildman–Crippen LogP) is 6.79. The third kappa shape index (κ3) is 5.64. The van der Waals surface area contributed by atoms with Gasteiger partial charge in [-0.3, -0.25) is 9.59 Å². The summed E-state index contributed by atoms with van der Waals surface area (Å²) in [5, 5.41) is 5.86. The number of hydrogen-bond donors (Lipinski definition) is 2. The normalized spacial score (nSPS) is 12.6. The van der Waals surface area contributed by atoms with Crippen molar-refractivity contribution in [1.29, 1.82) is 0 Å². The van der Waals surface area contributed by atoms with E-state index < -0.39 is 5.25 Å². The molecule has 1 atom stereocenters. The molecule has 0 spiro atoms. The van der Waals surface area contributed by atoms with Gasteiger partial charge in [0.25, 0.3) is 5.91 Å². The molecular formula is C28H21ClN2O4S. The molecule has 180 valence electrons.